The van der Waals surface area contributed by atoms with Gasteiger partial charge in [0.25, 0.3) is 0 Å². The second-order valence-corrected chi connectivity index (χ2v) is 6.67. The van der Waals surface area contributed by atoms with Gasteiger partial charge in [-0.25, -0.2) is 9.97 Å². The molecule has 1 aliphatic rings. The van der Waals surface area contributed by atoms with Crippen LogP contribution < -0.4 is 4.90 Å². The van der Waals surface area contributed by atoms with E-state index in [9.17, 15) is 0 Å². The Morgan fingerprint density at radius 3 is 2.64 bits per heavy atom. The summed E-state index contributed by atoms with van der Waals surface area (Å²) in [6, 6.07) is 13.1. The molecule has 0 amide bonds. The number of hydrogen-bond acceptors (Lipinski definition) is 4. The smallest absolute Gasteiger partial charge is 0.133 e. The molecule has 22 heavy (non-hydrogen) atoms. The number of benzene rings is 1. The summed E-state index contributed by atoms with van der Waals surface area (Å²) in [4.78, 5) is 13.8. The Morgan fingerprint density at radius 1 is 1.18 bits per heavy atom. The molecule has 116 valence electrons. The molecular formula is C17H21BrN4. The zero-order valence-corrected chi connectivity index (χ0v) is 14.6. The predicted octanol–water partition coefficient (Wildman–Crippen LogP) is 3.26. The third kappa shape index (κ3) is 3.65. The van der Waals surface area contributed by atoms with Crippen LogP contribution in [0.3, 0.4) is 0 Å². The van der Waals surface area contributed by atoms with Gasteiger partial charge < -0.3 is 4.90 Å². The molecule has 1 aromatic heterocycles. The van der Waals surface area contributed by atoms with E-state index in [1.54, 1.807) is 0 Å². The molecule has 2 heterocycles. The van der Waals surface area contributed by atoms with Crippen LogP contribution in [0, 0.1) is 6.92 Å². The van der Waals surface area contributed by atoms with Crippen molar-refractivity contribution in [3.8, 4) is 0 Å². The third-order valence-corrected chi connectivity index (χ3v) is 4.45. The van der Waals surface area contributed by atoms with Crippen LogP contribution in [0.15, 0.2) is 41.0 Å². The van der Waals surface area contributed by atoms with E-state index >= 15 is 0 Å². The first-order chi connectivity index (χ1) is 10.6. The summed E-state index contributed by atoms with van der Waals surface area (Å²) in [5, 5.41) is 0. The average Bonchev–Trinajstić information content (AvgIpc) is 2.47. The Bertz CT molecular complexity index is 612. The van der Waals surface area contributed by atoms with Crippen molar-refractivity contribution in [2.24, 2.45) is 0 Å². The molecule has 3 rings (SSSR count). The van der Waals surface area contributed by atoms with Gasteiger partial charge in [-0.1, -0.05) is 30.3 Å². The van der Waals surface area contributed by atoms with E-state index in [-0.39, 0.29) is 0 Å². The fraction of sp³-hybridized carbons (Fsp3) is 0.412. The van der Waals surface area contributed by atoms with Gasteiger partial charge in [-0.15, -0.1) is 0 Å². The van der Waals surface area contributed by atoms with Crippen molar-refractivity contribution in [2.45, 2.75) is 26.4 Å². The van der Waals surface area contributed by atoms with Crippen molar-refractivity contribution in [3.05, 3.63) is 52.4 Å². The highest BCUT2D eigenvalue weighted by atomic mass is 79.9. The van der Waals surface area contributed by atoms with Gasteiger partial charge >= 0.3 is 0 Å². The highest BCUT2D eigenvalue weighted by Crippen LogP contribution is 2.22. The zero-order valence-electron chi connectivity index (χ0n) is 13.0. The molecule has 1 aromatic carbocycles. The Labute approximate surface area is 140 Å². The number of piperazine rings is 1. The fourth-order valence-electron chi connectivity index (χ4n) is 3.02. The molecule has 0 N–H and O–H groups in total. The Morgan fingerprint density at radius 2 is 1.95 bits per heavy atom. The quantitative estimate of drug-likeness (QED) is 0.786. The van der Waals surface area contributed by atoms with Crippen molar-refractivity contribution in [1.82, 2.24) is 14.9 Å². The monoisotopic (exact) mass is 360 g/mol. The largest absolute Gasteiger partial charge is 0.351 e. The maximum Gasteiger partial charge on any atom is 0.133 e. The zero-order chi connectivity index (χ0) is 15.5. The SMILES string of the molecule is Cc1nc(Br)cc(N2CCN(Cc3ccccc3)CC2C)n1. The minimum atomic E-state index is 0.443. The summed E-state index contributed by atoms with van der Waals surface area (Å²) in [6.07, 6.45) is 0. The minimum Gasteiger partial charge on any atom is -0.351 e. The molecule has 0 spiro atoms. The van der Waals surface area contributed by atoms with Gasteiger partial charge in [0, 0.05) is 38.3 Å². The minimum absolute atomic E-state index is 0.443. The molecular weight excluding hydrogens is 340 g/mol. The standard InChI is InChI=1S/C17H21BrN4/c1-13-11-21(12-15-6-4-3-5-7-15)8-9-22(13)17-10-16(18)19-14(2)20-17/h3-7,10,13H,8-9,11-12H2,1-2H3. The number of aromatic nitrogens is 2. The van der Waals surface area contributed by atoms with Crippen LogP contribution in [0.1, 0.15) is 18.3 Å². The van der Waals surface area contributed by atoms with Crippen LogP contribution in [-0.2, 0) is 6.54 Å². The van der Waals surface area contributed by atoms with Gasteiger partial charge in [0.15, 0.2) is 0 Å². The molecule has 0 saturated carbocycles. The molecule has 2 aromatic rings. The van der Waals surface area contributed by atoms with Crippen LogP contribution in [0.2, 0.25) is 0 Å². The van der Waals surface area contributed by atoms with Crippen molar-refractivity contribution < 1.29 is 0 Å². The number of hydrogen-bond donors (Lipinski definition) is 0. The van der Waals surface area contributed by atoms with Crippen LogP contribution in [-0.4, -0.2) is 40.5 Å². The topological polar surface area (TPSA) is 32.3 Å². The molecule has 1 atom stereocenters. The Hall–Kier alpha value is -1.46. The Balaban J connectivity index is 1.67. The molecule has 4 nitrogen and oxygen atoms in total. The maximum atomic E-state index is 4.58. The lowest BCUT2D eigenvalue weighted by molar-refractivity contribution is 0.220. The van der Waals surface area contributed by atoms with Crippen molar-refractivity contribution in [2.75, 3.05) is 24.5 Å². The predicted molar refractivity (Wildman–Crippen MR) is 93.0 cm³/mol. The summed E-state index contributed by atoms with van der Waals surface area (Å²) in [6.45, 7) is 8.32. The lowest BCUT2D eigenvalue weighted by atomic mass is 10.1. The van der Waals surface area contributed by atoms with Gasteiger partial charge in [-0.05, 0) is 35.3 Å². The van der Waals surface area contributed by atoms with Crippen molar-refractivity contribution in [1.29, 1.82) is 0 Å². The van der Waals surface area contributed by atoms with E-state index in [1.165, 1.54) is 5.56 Å². The molecule has 5 heteroatoms. The highest BCUT2D eigenvalue weighted by Gasteiger charge is 2.25. The number of halogens is 1. The molecule has 0 aliphatic carbocycles. The number of rotatable bonds is 3. The molecule has 1 fully saturated rings. The van der Waals surface area contributed by atoms with E-state index in [1.807, 2.05) is 13.0 Å². The normalized spacial score (nSPS) is 19.4. The van der Waals surface area contributed by atoms with Gasteiger partial charge in [0.05, 0.1) is 0 Å². The third-order valence-electron chi connectivity index (χ3n) is 4.05. The summed E-state index contributed by atoms with van der Waals surface area (Å²) < 4.78 is 0.855. The highest BCUT2D eigenvalue weighted by molar-refractivity contribution is 9.10. The van der Waals surface area contributed by atoms with Crippen molar-refractivity contribution in [3.63, 3.8) is 0 Å². The van der Waals surface area contributed by atoms with E-state index in [0.29, 0.717) is 6.04 Å². The fourth-order valence-corrected chi connectivity index (χ4v) is 3.48. The van der Waals surface area contributed by atoms with Crippen LogP contribution in [0.4, 0.5) is 5.82 Å². The van der Waals surface area contributed by atoms with Gasteiger partial charge in [-0.3, -0.25) is 4.90 Å². The Kier molecular flexibility index (Phi) is 4.74. The van der Waals surface area contributed by atoms with Crippen molar-refractivity contribution >= 4 is 21.7 Å². The number of anilines is 1. The summed E-state index contributed by atoms with van der Waals surface area (Å²) in [5.41, 5.74) is 1.38. The van der Waals surface area contributed by atoms with Gasteiger partial charge in [0.1, 0.15) is 16.2 Å². The second kappa shape index (κ2) is 6.75. The van der Waals surface area contributed by atoms with Gasteiger partial charge in [-0.2, -0.15) is 0 Å². The summed E-state index contributed by atoms with van der Waals surface area (Å²) in [7, 11) is 0. The lowest BCUT2D eigenvalue weighted by Gasteiger charge is -2.40. The summed E-state index contributed by atoms with van der Waals surface area (Å²) in [5.74, 6) is 1.83. The van der Waals surface area contributed by atoms with Gasteiger partial charge in [0.2, 0.25) is 0 Å². The number of aryl methyl sites for hydroxylation is 1. The average molecular weight is 361 g/mol. The molecule has 0 radical (unpaired) electrons. The van der Waals surface area contributed by atoms with Crippen LogP contribution in [0.5, 0.6) is 0 Å². The molecule has 0 bridgehead atoms. The first kappa shape index (κ1) is 15.4. The van der Waals surface area contributed by atoms with E-state index in [2.05, 4.69) is 73.0 Å². The molecule has 1 unspecified atom stereocenters. The first-order valence-corrected chi connectivity index (χ1v) is 8.45. The maximum absolute atomic E-state index is 4.58. The van der Waals surface area contributed by atoms with Crippen LogP contribution in [0.25, 0.3) is 0 Å². The lowest BCUT2D eigenvalue weighted by Crippen LogP contribution is -2.52. The van der Waals surface area contributed by atoms with E-state index < -0.39 is 0 Å². The first-order valence-electron chi connectivity index (χ1n) is 7.66. The number of nitrogens with zero attached hydrogens (tertiary/aromatic N) is 4. The van der Waals surface area contributed by atoms with Crippen LogP contribution >= 0.6 is 15.9 Å². The summed E-state index contributed by atoms with van der Waals surface area (Å²) >= 11 is 3.47. The molecule has 1 aliphatic heterocycles. The second-order valence-electron chi connectivity index (χ2n) is 5.86. The van der Waals surface area contributed by atoms with E-state index in [0.717, 1.165) is 42.4 Å². The van der Waals surface area contributed by atoms with E-state index in [4.69, 9.17) is 0 Å². The molecule has 1 saturated heterocycles.